The SMILES string of the molecule is COCC(CCO)NCc1ccc(C#N)cc1. The van der Waals surface area contributed by atoms with Crippen LogP contribution in [0.1, 0.15) is 17.5 Å². The molecule has 1 atom stereocenters. The topological polar surface area (TPSA) is 65.3 Å². The van der Waals surface area contributed by atoms with Crippen molar-refractivity contribution in [1.82, 2.24) is 5.32 Å². The Hall–Kier alpha value is -1.41. The van der Waals surface area contributed by atoms with Gasteiger partial charge in [0.05, 0.1) is 18.2 Å². The summed E-state index contributed by atoms with van der Waals surface area (Å²) in [6, 6.07) is 9.69. The predicted molar refractivity (Wildman–Crippen MR) is 65.4 cm³/mol. The molecule has 1 aromatic rings. The minimum Gasteiger partial charge on any atom is -0.396 e. The Bertz CT molecular complexity index is 351. The van der Waals surface area contributed by atoms with E-state index in [4.69, 9.17) is 15.1 Å². The zero-order chi connectivity index (χ0) is 12.5. The summed E-state index contributed by atoms with van der Waals surface area (Å²) in [6.07, 6.45) is 0.671. The Morgan fingerprint density at radius 3 is 2.65 bits per heavy atom. The molecule has 0 bridgehead atoms. The number of nitrogens with one attached hydrogen (secondary N) is 1. The highest BCUT2D eigenvalue weighted by Gasteiger charge is 2.06. The predicted octanol–water partition coefficient (Wildman–Crippen LogP) is 1.05. The van der Waals surface area contributed by atoms with Crippen molar-refractivity contribution in [2.45, 2.75) is 19.0 Å². The number of rotatable bonds is 7. The molecule has 0 aliphatic carbocycles. The Labute approximate surface area is 102 Å². The molecule has 4 heteroatoms. The van der Waals surface area contributed by atoms with Crippen LogP contribution in [-0.4, -0.2) is 31.5 Å². The maximum atomic E-state index is 8.90. The summed E-state index contributed by atoms with van der Waals surface area (Å²) in [5, 5.41) is 20.9. The van der Waals surface area contributed by atoms with Gasteiger partial charge in [0, 0.05) is 26.3 Å². The lowest BCUT2D eigenvalue weighted by atomic mass is 10.1. The number of nitriles is 1. The molecule has 0 saturated heterocycles. The van der Waals surface area contributed by atoms with E-state index in [0.29, 0.717) is 25.1 Å². The Balaban J connectivity index is 2.44. The van der Waals surface area contributed by atoms with Crippen molar-refractivity contribution in [2.24, 2.45) is 0 Å². The van der Waals surface area contributed by atoms with Crippen molar-refractivity contribution in [1.29, 1.82) is 5.26 Å². The van der Waals surface area contributed by atoms with E-state index in [2.05, 4.69) is 11.4 Å². The van der Waals surface area contributed by atoms with Crippen LogP contribution in [0.4, 0.5) is 0 Å². The highest BCUT2D eigenvalue weighted by atomic mass is 16.5. The van der Waals surface area contributed by atoms with Gasteiger partial charge in [-0.2, -0.15) is 5.26 Å². The van der Waals surface area contributed by atoms with E-state index in [1.165, 1.54) is 0 Å². The number of aliphatic hydroxyl groups is 1. The standard InChI is InChI=1S/C13H18N2O2/c1-17-10-13(6-7-16)15-9-12-4-2-11(8-14)3-5-12/h2-5,13,15-16H,6-7,9-10H2,1H3. The van der Waals surface area contributed by atoms with Crippen LogP contribution in [0, 0.1) is 11.3 Å². The molecule has 0 saturated carbocycles. The molecular formula is C13H18N2O2. The summed E-state index contributed by atoms with van der Waals surface area (Å²) in [4.78, 5) is 0. The number of benzene rings is 1. The lowest BCUT2D eigenvalue weighted by Crippen LogP contribution is -2.33. The van der Waals surface area contributed by atoms with Crippen LogP contribution in [0.3, 0.4) is 0 Å². The number of nitrogens with zero attached hydrogens (tertiary/aromatic N) is 1. The maximum Gasteiger partial charge on any atom is 0.0991 e. The molecule has 0 heterocycles. The molecule has 0 aliphatic rings. The van der Waals surface area contributed by atoms with Gasteiger partial charge in [0.2, 0.25) is 0 Å². The van der Waals surface area contributed by atoms with Crippen molar-refractivity contribution in [2.75, 3.05) is 20.3 Å². The number of ether oxygens (including phenoxy) is 1. The Morgan fingerprint density at radius 2 is 2.12 bits per heavy atom. The van der Waals surface area contributed by atoms with Gasteiger partial charge in [0.1, 0.15) is 0 Å². The average Bonchev–Trinajstić information content (AvgIpc) is 2.37. The van der Waals surface area contributed by atoms with Crippen LogP contribution in [0.2, 0.25) is 0 Å². The van der Waals surface area contributed by atoms with Gasteiger partial charge in [-0.1, -0.05) is 12.1 Å². The first-order valence-electron chi connectivity index (χ1n) is 5.62. The molecule has 0 amide bonds. The van der Waals surface area contributed by atoms with Crippen molar-refractivity contribution in [3.8, 4) is 6.07 Å². The first kappa shape index (κ1) is 13.7. The number of hydrogen-bond donors (Lipinski definition) is 2. The van der Waals surface area contributed by atoms with E-state index >= 15 is 0 Å². The first-order valence-corrected chi connectivity index (χ1v) is 5.62. The zero-order valence-electron chi connectivity index (χ0n) is 10.0. The second-order valence-corrected chi connectivity index (χ2v) is 3.85. The average molecular weight is 234 g/mol. The summed E-state index contributed by atoms with van der Waals surface area (Å²) >= 11 is 0. The number of methoxy groups -OCH3 is 1. The van der Waals surface area contributed by atoms with Crippen LogP contribution in [0.15, 0.2) is 24.3 Å². The molecule has 17 heavy (non-hydrogen) atoms. The molecule has 1 unspecified atom stereocenters. The molecule has 0 aromatic heterocycles. The minimum atomic E-state index is 0.147. The van der Waals surface area contributed by atoms with Crippen LogP contribution in [0.25, 0.3) is 0 Å². The van der Waals surface area contributed by atoms with E-state index in [-0.39, 0.29) is 12.6 Å². The van der Waals surface area contributed by atoms with E-state index in [1.54, 1.807) is 19.2 Å². The molecule has 4 nitrogen and oxygen atoms in total. The molecule has 92 valence electrons. The van der Waals surface area contributed by atoms with Crippen LogP contribution < -0.4 is 5.32 Å². The summed E-state index contributed by atoms with van der Waals surface area (Å²) in [5.74, 6) is 0. The molecule has 1 aromatic carbocycles. The third-order valence-electron chi connectivity index (χ3n) is 2.52. The smallest absolute Gasteiger partial charge is 0.0991 e. The fourth-order valence-corrected chi connectivity index (χ4v) is 1.56. The van der Waals surface area contributed by atoms with Gasteiger partial charge in [-0.05, 0) is 24.1 Å². The van der Waals surface area contributed by atoms with Crippen molar-refractivity contribution < 1.29 is 9.84 Å². The highest BCUT2D eigenvalue weighted by molar-refractivity contribution is 5.31. The fourth-order valence-electron chi connectivity index (χ4n) is 1.56. The van der Waals surface area contributed by atoms with E-state index < -0.39 is 0 Å². The maximum absolute atomic E-state index is 8.90. The lowest BCUT2D eigenvalue weighted by Gasteiger charge is -2.16. The van der Waals surface area contributed by atoms with Gasteiger partial charge in [0.25, 0.3) is 0 Å². The van der Waals surface area contributed by atoms with Gasteiger partial charge >= 0.3 is 0 Å². The summed E-state index contributed by atoms with van der Waals surface area (Å²) in [5.41, 5.74) is 1.78. The molecule has 0 radical (unpaired) electrons. The van der Waals surface area contributed by atoms with Gasteiger partial charge in [0.15, 0.2) is 0 Å². The Morgan fingerprint density at radius 1 is 1.41 bits per heavy atom. The van der Waals surface area contributed by atoms with E-state index in [9.17, 15) is 0 Å². The molecule has 2 N–H and O–H groups in total. The third kappa shape index (κ3) is 4.96. The molecular weight excluding hydrogens is 216 g/mol. The van der Waals surface area contributed by atoms with Gasteiger partial charge < -0.3 is 15.2 Å². The largest absolute Gasteiger partial charge is 0.396 e. The van der Waals surface area contributed by atoms with Crippen molar-refractivity contribution in [3.63, 3.8) is 0 Å². The van der Waals surface area contributed by atoms with E-state index in [0.717, 1.165) is 5.56 Å². The molecule has 0 spiro atoms. The van der Waals surface area contributed by atoms with Crippen molar-refractivity contribution >= 4 is 0 Å². The minimum absolute atomic E-state index is 0.147. The Kier molecular flexibility index (Phi) is 6.26. The second kappa shape index (κ2) is 7.80. The summed E-state index contributed by atoms with van der Waals surface area (Å²) in [7, 11) is 1.65. The monoisotopic (exact) mass is 234 g/mol. The number of aliphatic hydroxyl groups excluding tert-OH is 1. The highest BCUT2D eigenvalue weighted by Crippen LogP contribution is 2.04. The van der Waals surface area contributed by atoms with Crippen molar-refractivity contribution in [3.05, 3.63) is 35.4 Å². The lowest BCUT2D eigenvalue weighted by molar-refractivity contribution is 0.148. The molecule has 1 rings (SSSR count). The zero-order valence-corrected chi connectivity index (χ0v) is 10.0. The molecule has 0 aliphatic heterocycles. The van der Waals surface area contributed by atoms with Gasteiger partial charge in [-0.3, -0.25) is 0 Å². The summed E-state index contributed by atoms with van der Waals surface area (Å²) in [6.45, 7) is 1.44. The normalized spacial score (nSPS) is 12.1. The fraction of sp³-hybridized carbons (Fsp3) is 0.462. The van der Waals surface area contributed by atoms with Crippen LogP contribution in [0.5, 0.6) is 0 Å². The van der Waals surface area contributed by atoms with Gasteiger partial charge in [-0.15, -0.1) is 0 Å². The summed E-state index contributed by atoms with van der Waals surface area (Å²) < 4.78 is 5.06. The molecule has 0 fully saturated rings. The van der Waals surface area contributed by atoms with Crippen LogP contribution >= 0.6 is 0 Å². The quantitative estimate of drug-likeness (QED) is 0.740. The second-order valence-electron chi connectivity index (χ2n) is 3.85. The third-order valence-corrected chi connectivity index (χ3v) is 2.52. The van der Waals surface area contributed by atoms with Gasteiger partial charge in [-0.25, -0.2) is 0 Å². The first-order chi connectivity index (χ1) is 8.30. The number of hydrogen-bond acceptors (Lipinski definition) is 4. The van der Waals surface area contributed by atoms with Crippen LogP contribution in [-0.2, 0) is 11.3 Å². The van der Waals surface area contributed by atoms with E-state index in [1.807, 2.05) is 12.1 Å².